The van der Waals surface area contributed by atoms with Gasteiger partial charge in [0.05, 0.1) is 17.5 Å². The third-order valence-corrected chi connectivity index (χ3v) is 2.49. The van der Waals surface area contributed by atoms with Crippen molar-refractivity contribution in [2.24, 2.45) is 0 Å². The van der Waals surface area contributed by atoms with Gasteiger partial charge in [-0.15, -0.1) is 0 Å². The van der Waals surface area contributed by atoms with E-state index < -0.39 is 5.63 Å². The Balaban J connectivity index is 2.16. The first-order valence-electron chi connectivity index (χ1n) is 5.84. The number of ether oxygens (including phenoxy) is 1. The third kappa shape index (κ3) is 2.84. The van der Waals surface area contributed by atoms with Gasteiger partial charge in [-0.05, 0) is 18.6 Å². The van der Waals surface area contributed by atoms with Crippen molar-refractivity contribution in [1.82, 2.24) is 4.98 Å². The standard InChI is InChI=1S/C13H15NO3/c1-2-3-6-9-16-13-14-11-8-5-4-7-10(11)12(15)17-13/h4-5,7-8H,2-3,6,9H2,1H3. The van der Waals surface area contributed by atoms with Gasteiger partial charge >= 0.3 is 11.7 Å². The molecule has 0 radical (unpaired) electrons. The molecule has 4 heteroatoms. The number of fused-ring (bicyclic) bond motifs is 1. The smallest absolute Gasteiger partial charge is 0.397 e. The number of hydrogen-bond donors (Lipinski definition) is 0. The maximum Gasteiger partial charge on any atom is 0.397 e. The minimum Gasteiger partial charge on any atom is -0.450 e. The summed E-state index contributed by atoms with van der Waals surface area (Å²) in [6.45, 7) is 2.65. The third-order valence-electron chi connectivity index (χ3n) is 2.49. The minimum absolute atomic E-state index is 0.0600. The highest BCUT2D eigenvalue weighted by molar-refractivity contribution is 5.76. The normalized spacial score (nSPS) is 10.6. The molecule has 4 nitrogen and oxygen atoms in total. The fourth-order valence-electron chi connectivity index (χ4n) is 1.57. The molecule has 0 N–H and O–H groups in total. The van der Waals surface area contributed by atoms with Crippen molar-refractivity contribution in [2.45, 2.75) is 26.2 Å². The van der Waals surface area contributed by atoms with Crippen LogP contribution in [0.1, 0.15) is 26.2 Å². The fraction of sp³-hybridized carbons (Fsp3) is 0.385. The van der Waals surface area contributed by atoms with Crippen molar-refractivity contribution in [3.63, 3.8) is 0 Å². The Morgan fingerprint density at radius 1 is 1.29 bits per heavy atom. The van der Waals surface area contributed by atoms with Crippen molar-refractivity contribution in [3.8, 4) is 6.08 Å². The Morgan fingerprint density at radius 3 is 2.94 bits per heavy atom. The number of hydrogen-bond acceptors (Lipinski definition) is 4. The molecular weight excluding hydrogens is 218 g/mol. The van der Waals surface area contributed by atoms with Crippen molar-refractivity contribution in [1.29, 1.82) is 0 Å². The van der Waals surface area contributed by atoms with Gasteiger partial charge in [0.2, 0.25) is 0 Å². The van der Waals surface area contributed by atoms with Gasteiger partial charge in [0.25, 0.3) is 0 Å². The van der Waals surface area contributed by atoms with Gasteiger partial charge in [-0.3, -0.25) is 0 Å². The predicted molar refractivity (Wildman–Crippen MR) is 65.3 cm³/mol. The van der Waals surface area contributed by atoms with Gasteiger partial charge in [-0.1, -0.05) is 31.9 Å². The van der Waals surface area contributed by atoms with Gasteiger partial charge in [-0.25, -0.2) is 4.79 Å². The molecule has 0 aliphatic rings. The van der Waals surface area contributed by atoms with E-state index in [4.69, 9.17) is 9.15 Å². The summed E-state index contributed by atoms with van der Waals surface area (Å²) in [6.07, 6.45) is 3.22. The van der Waals surface area contributed by atoms with Crippen LogP contribution in [-0.4, -0.2) is 11.6 Å². The maximum atomic E-state index is 11.6. The van der Waals surface area contributed by atoms with E-state index in [0.717, 1.165) is 19.3 Å². The predicted octanol–water partition coefficient (Wildman–Crippen LogP) is 2.76. The van der Waals surface area contributed by atoms with E-state index in [2.05, 4.69) is 11.9 Å². The van der Waals surface area contributed by atoms with Crippen molar-refractivity contribution < 1.29 is 9.15 Å². The summed E-state index contributed by atoms with van der Waals surface area (Å²) in [6, 6.07) is 7.07. The summed E-state index contributed by atoms with van der Waals surface area (Å²) in [5, 5.41) is 0.480. The average Bonchev–Trinajstić information content (AvgIpc) is 2.35. The molecular formula is C13H15NO3. The van der Waals surface area contributed by atoms with Gasteiger partial charge in [0.15, 0.2) is 0 Å². The molecule has 1 aromatic carbocycles. The Bertz CT molecular complexity index is 548. The van der Waals surface area contributed by atoms with Crippen molar-refractivity contribution in [3.05, 3.63) is 34.7 Å². The summed E-state index contributed by atoms with van der Waals surface area (Å²) < 4.78 is 10.3. The average molecular weight is 233 g/mol. The van der Waals surface area contributed by atoms with Crippen LogP contribution >= 0.6 is 0 Å². The summed E-state index contributed by atoms with van der Waals surface area (Å²) in [5.41, 5.74) is 0.204. The van der Waals surface area contributed by atoms with Crippen molar-refractivity contribution >= 4 is 10.9 Å². The summed E-state index contributed by atoms with van der Waals surface area (Å²) >= 11 is 0. The van der Waals surface area contributed by atoms with E-state index in [1.165, 1.54) is 0 Å². The zero-order valence-electron chi connectivity index (χ0n) is 9.81. The van der Waals surface area contributed by atoms with E-state index in [0.29, 0.717) is 17.5 Å². The van der Waals surface area contributed by atoms with E-state index in [9.17, 15) is 4.79 Å². The Labute approximate surface area is 99.2 Å². The molecule has 0 spiro atoms. The molecule has 2 rings (SSSR count). The molecule has 2 aromatic rings. The highest BCUT2D eigenvalue weighted by atomic mass is 16.6. The first-order valence-corrected chi connectivity index (χ1v) is 5.84. The number of para-hydroxylation sites is 1. The molecule has 0 fully saturated rings. The van der Waals surface area contributed by atoms with E-state index >= 15 is 0 Å². The second-order valence-corrected chi connectivity index (χ2v) is 3.84. The topological polar surface area (TPSA) is 52.3 Å². The second kappa shape index (κ2) is 5.48. The Hall–Kier alpha value is -1.84. The van der Waals surface area contributed by atoms with Gasteiger partial charge in [0, 0.05) is 0 Å². The van der Waals surface area contributed by atoms with Crippen LogP contribution in [0.4, 0.5) is 0 Å². The monoisotopic (exact) mass is 233 g/mol. The van der Waals surface area contributed by atoms with Crippen LogP contribution in [-0.2, 0) is 0 Å². The van der Waals surface area contributed by atoms with Crippen molar-refractivity contribution in [2.75, 3.05) is 6.61 Å². The molecule has 0 saturated heterocycles. The van der Waals surface area contributed by atoms with Crippen LogP contribution in [0.3, 0.4) is 0 Å². The number of benzene rings is 1. The molecule has 0 atom stereocenters. The maximum absolute atomic E-state index is 11.6. The number of unbranched alkanes of at least 4 members (excludes halogenated alkanes) is 2. The van der Waals surface area contributed by atoms with E-state index in [-0.39, 0.29) is 6.08 Å². The lowest BCUT2D eigenvalue weighted by molar-refractivity contribution is 0.212. The second-order valence-electron chi connectivity index (χ2n) is 3.84. The van der Waals surface area contributed by atoms with Crippen LogP contribution in [0.15, 0.2) is 33.5 Å². The largest absolute Gasteiger partial charge is 0.450 e. The lowest BCUT2D eigenvalue weighted by atomic mass is 10.2. The van der Waals surface area contributed by atoms with Gasteiger partial charge in [-0.2, -0.15) is 4.98 Å². The quantitative estimate of drug-likeness (QED) is 0.745. The highest BCUT2D eigenvalue weighted by Gasteiger charge is 2.05. The molecule has 0 unspecified atom stereocenters. The molecule has 0 bridgehead atoms. The zero-order chi connectivity index (χ0) is 12.1. The molecule has 1 heterocycles. The number of rotatable bonds is 5. The van der Waals surface area contributed by atoms with Crippen LogP contribution in [0.25, 0.3) is 10.9 Å². The molecule has 90 valence electrons. The lowest BCUT2D eigenvalue weighted by Crippen LogP contribution is -2.06. The number of nitrogens with zero attached hydrogens (tertiary/aromatic N) is 1. The summed E-state index contributed by atoms with van der Waals surface area (Å²) in [7, 11) is 0. The molecule has 1 aromatic heterocycles. The van der Waals surface area contributed by atoms with Crippen LogP contribution < -0.4 is 10.4 Å². The molecule has 0 aliphatic carbocycles. The summed E-state index contributed by atoms with van der Waals surface area (Å²) in [5.74, 6) is 0. The molecule has 0 aliphatic heterocycles. The molecule has 0 saturated carbocycles. The zero-order valence-corrected chi connectivity index (χ0v) is 9.81. The lowest BCUT2D eigenvalue weighted by Gasteiger charge is -2.03. The SMILES string of the molecule is CCCCCOc1nc2ccccc2c(=O)o1. The van der Waals surface area contributed by atoms with Crippen LogP contribution in [0.2, 0.25) is 0 Å². The first-order chi connectivity index (χ1) is 8.31. The molecule has 0 amide bonds. The fourth-order valence-corrected chi connectivity index (χ4v) is 1.57. The van der Waals surface area contributed by atoms with Crippen LogP contribution in [0.5, 0.6) is 6.08 Å². The highest BCUT2D eigenvalue weighted by Crippen LogP contribution is 2.12. The van der Waals surface area contributed by atoms with Gasteiger partial charge < -0.3 is 9.15 Å². The minimum atomic E-state index is -0.402. The Kier molecular flexibility index (Phi) is 3.75. The van der Waals surface area contributed by atoms with E-state index in [1.54, 1.807) is 18.2 Å². The van der Waals surface area contributed by atoms with Gasteiger partial charge in [0.1, 0.15) is 0 Å². The van der Waals surface area contributed by atoms with E-state index in [1.807, 2.05) is 6.07 Å². The first kappa shape index (κ1) is 11.6. The molecule has 17 heavy (non-hydrogen) atoms. The van der Waals surface area contributed by atoms with Crippen LogP contribution in [0, 0.1) is 0 Å². The Morgan fingerprint density at radius 2 is 2.12 bits per heavy atom. The number of aromatic nitrogens is 1. The summed E-state index contributed by atoms with van der Waals surface area (Å²) in [4.78, 5) is 15.7.